The predicted molar refractivity (Wildman–Crippen MR) is 34.9 cm³/mol. The summed E-state index contributed by atoms with van der Waals surface area (Å²) in [6.45, 7) is 4.48. The van der Waals surface area contributed by atoms with Gasteiger partial charge in [0.2, 0.25) is 0 Å². The summed E-state index contributed by atoms with van der Waals surface area (Å²) < 4.78 is 11.8. The Morgan fingerprint density at radius 2 is 2.11 bits per heavy atom. The quantitative estimate of drug-likeness (QED) is 0.549. The minimum atomic E-state index is -1.18. The normalized spacial score (nSPS) is 16.2. The summed E-state index contributed by atoms with van der Waals surface area (Å²) in [5, 5.41) is 0. The molecule has 0 rings (SSSR count). The van der Waals surface area contributed by atoms with Crippen LogP contribution >= 0.6 is 0 Å². The zero-order valence-corrected chi connectivity index (χ0v) is 5.97. The Bertz CT molecular complexity index is 128. The second kappa shape index (κ2) is 3.45. The Morgan fingerprint density at radius 3 is 2.22 bits per heavy atom. The van der Waals surface area contributed by atoms with E-state index in [1.807, 2.05) is 0 Å². The summed E-state index contributed by atoms with van der Waals surface area (Å²) in [4.78, 5) is 10.7. The largest absolute Gasteiger partial charge is 0.462 e. The van der Waals surface area contributed by atoms with E-state index >= 15 is 0 Å². The van der Waals surface area contributed by atoms with Crippen LogP contribution in [-0.4, -0.2) is 18.1 Å². The molecule has 0 saturated heterocycles. The molecule has 0 heterocycles. The van der Waals surface area contributed by atoms with E-state index in [0.717, 1.165) is 0 Å². The molecule has 1 atom stereocenters. The number of nitrogens with two attached hydrogens (primary N) is 1. The van der Waals surface area contributed by atoms with Crippen LogP contribution in [0.4, 0.5) is 0 Å². The van der Waals surface area contributed by atoms with Crippen LogP contribution in [0.1, 0.15) is 22.1 Å². The van der Waals surface area contributed by atoms with Crippen LogP contribution in [0.5, 0.6) is 0 Å². The molecule has 0 aromatic rings. The molecule has 0 aliphatic heterocycles. The molecule has 0 fully saturated rings. The SMILES string of the molecule is [2H]C(C)(C)OC(=O)[C@H](C)N. The fourth-order valence-corrected chi connectivity index (χ4v) is 0.294. The minimum Gasteiger partial charge on any atom is -0.462 e. The molecule has 0 aliphatic carbocycles. The van der Waals surface area contributed by atoms with Gasteiger partial charge in [-0.05, 0) is 20.8 Å². The summed E-state index contributed by atoms with van der Waals surface area (Å²) in [5.74, 6) is -0.542. The van der Waals surface area contributed by atoms with Crippen molar-refractivity contribution in [3.05, 3.63) is 0 Å². The van der Waals surface area contributed by atoms with Crippen molar-refractivity contribution in [2.45, 2.75) is 32.9 Å². The smallest absolute Gasteiger partial charge is 0.322 e. The second-order valence-corrected chi connectivity index (χ2v) is 2.12. The molecule has 3 heteroatoms. The molecule has 54 valence electrons. The molecular weight excluding hydrogens is 118 g/mol. The van der Waals surface area contributed by atoms with E-state index in [4.69, 9.17) is 7.10 Å². The number of rotatable bonds is 2. The molecular formula is C6H13NO2. The maximum Gasteiger partial charge on any atom is 0.322 e. The first-order valence-corrected chi connectivity index (χ1v) is 2.81. The molecule has 3 nitrogen and oxygen atoms in total. The molecule has 0 aromatic heterocycles. The molecule has 0 aliphatic rings. The summed E-state index contributed by atoms with van der Waals surface area (Å²) in [5.41, 5.74) is 5.19. The Kier molecular flexibility index (Phi) is 2.51. The van der Waals surface area contributed by atoms with Gasteiger partial charge in [-0.1, -0.05) is 0 Å². The monoisotopic (exact) mass is 132 g/mol. The molecule has 0 radical (unpaired) electrons. The maximum atomic E-state index is 10.7. The summed E-state index contributed by atoms with van der Waals surface area (Å²) in [6.07, 6.45) is -1.18. The van der Waals surface area contributed by atoms with E-state index in [1.165, 1.54) is 20.8 Å². The standard InChI is InChI=1S/C6H13NO2/c1-4(2)9-6(8)5(3)7/h4-5H,7H2,1-3H3/t5-/m0/s1/i4D. The number of carbonyl (C=O) groups is 1. The van der Waals surface area contributed by atoms with Crippen molar-refractivity contribution in [3.63, 3.8) is 0 Å². The Hall–Kier alpha value is -0.570. The van der Waals surface area contributed by atoms with Gasteiger partial charge in [0.25, 0.3) is 0 Å². The first-order valence-electron chi connectivity index (χ1n) is 3.31. The van der Waals surface area contributed by atoms with Gasteiger partial charge < -0.3 is 10.5 Å². The van der Waals surface area contributed by atoms with Gasteiger partial charge in [-0.15, -0.1) is 0 Å². The Morgan fingerprint density at radius 1 is 1.67 bits per heavy atom. The fourth-order valence-electron chi connectivity index (χ4n) is 0.294. The molecule has 0 aromatic carbocycles. The van der Waals surface area contributed by atoms with Crippen LogP contribution in [0, 0.1) is 0 Å². The number of hydrogen-bond acceptors (Lipinski definition) is 3. The highest BCUT2D eigenvalue weighted by Gasteiger charge is 2.09. The predicted octanol–water partition coefficient (Wildman–Crippen LogP) is 0.285. The van der Waals surface area contributed by atoms with Gasteiger partial charge in [-0.2, -0.15) is 0 Å². The van der Waals surface area contributed by atoms with Gasteiger partial charge in [0.1, 0.15) is 6.04 Å². The van der Waals surface area contributed by atoms with Gasteiger partial charge in [-0.3, -0.25) is 4.79 Å². The topological polar surface area (TPSA) is 52.3 Å². The van der Waals surface area contributed by atoms with E-state index in [9.17, 15) is 4.79 Å². The van der Waals surface area contributed by atoms with E-state index in [0.29, 0.717) is 0 Å². The average Bonchev–Trinajstić information content (AvgIpc) is 1.60. The van der Waals surface area contributed by atoms with Gasteiger partial charge in [0.15, 0.2) is 0 Å². The first kappa shape index (κ1) is 6.55. The molecule has 2 N–H and O–H groups in total. The lowest BCUT2D eigenvalue weighted by Crippen LogP contribution is -2.30. The van der Waals surface area contributed by atoms with E-state index in [1.54, 1.807) is 0 Å². The lowest BCUT2D eigenvalue weighted by atomic mass is 10.4. The number of carbonyl (C=O) groups excluding carboxylic acids is 1. The van der Waals surface area contributed by atoms with E-state index in [-0.39, 0.29) is 0 Å². The number of ether oxygens (including phenoxy) is 1. The van der Waals surface area contributed by atoms with Gasteiger partial charge >= 0.3 is 5.97 Å². The molecule has 0 spiro atoms. The van der Waals surface area contributed by atoms with Crippen LogP contribution in [0.15, 0.2) is 0 Å². The third-order valence-electron chi connectivity index (χ3n) is 0.677. The van der Waals surface area contributed by atoms with Crippen LogP contribution < -0.4 is 5.73 Å². The van der Waals surface area contributed by atoms with Crippen LogP contribution in [0.2, 0.25) is 0 Å². The van der Waals surface area contributed by atoms with Crippen molar-refractivity contribution >= 4 is 5.97 Å². The zero-order chi connectivity index (χ0) is 8.36. The summed E-state index contributed by atoms with van der Waals surface area (Å²) in [6, 6.07) is -0.648. The van der Waals surface area contributed by atoms with Crippen LogP contribution in [0.25, 0.3) is 0 Å². The van der Waals surface area contributed by atoms with Crippen LogP contribution in [-0.2, 0) is 9.53 Å². The lowest BCUT2D eigenvalue weighted by molar-refractivity contribution is -0.148. The molecule has 0 saturated carbocycles. The Balaban J connectivity index is 3.81. The van der Waals surface area contributed by atoms with Gasteiger partial charge in [-0.25, -0.2) is 0 Å². The average molecular weight is 132 g/mol. The minimum absolute atomic E-state index is 0.542. The van der Waals surface area contributed by atoms with Crippen molar-refractivity contribution in [2.75, 3.05) is 0 Å². The number of esters is 1. The van der Waals surface area contributed by atoms with E-state index < -0.39 is 18.1 Å². The number of hydrogen-bond donors (Lipinski definition) is 1. The second-order valence-electron chi connectivity index (χ2n) is 2.12. The third kappa shape index (κ3) is 3.97. The van der Waals surface area contributed by atoms with Crippen molar-refractivity contribution in [1.82, 2.24) is 0 Å². The third-order valence-corrected chi connectivity index (χ3v) is 0.677. The first-order chi connectivity index (χ1) is 4.33. The van der Waals surface area contributed by atoms with Crippen molar-refractivity contribution < 1.29 is 10.9 Å². The highest BCUT2D eigenvalue weighted by molar-refractivity contribution is 5.74. The highest BCUT2D eigenvalue weighted by Crippen LogP contribution is 1.90. The van der Waals surface area contributed by atoms with Gasteiger partial charge in [0.05, 0.1) is 7.45 Å². The van der Waals surface area contributed by atoms with E-state index in [2.05, 4.69) is 4.74 Å². The fraction of sp³-hybridized carbons (Fsp3) is 0.833. The zero-order valence-electron chi connectivity index (χ0n) is 6.97. The Labute approximate surface area is 56.6 Å². The summed E-state index contributed by atoms with van der Waals surface area (Å²) >= 11 is 0. The van der Waals surface area contributed by atoms with Crippen molar-refractivity contribution in [1.29, 1.82) is 0 Å². The molecule has 0 unspecified atom stereocenters. The van der Waals surface area contributed by atoms with Gasteiger partial charge in [0, 0.05) is 0 Å². The maximum absolute atomic E-state index is 10.7. The van der Waals surface area contributed by atoms with Crippen molar-refractivity contribution in [3.8, 4) is 0 Å². The molecule has 9 heavy (non-hydrogen) atoms. The van der Waals surface area contributed by atoms with Crippen LogP contribution in [0.3, 0.4) is 0 Å². The van der Waals surface area contributed by atoms with Crippen molar-refractivity contribution in [2.24, 2.45) is 5.73 Å². The molecule has 0 amide bonds. The highest BCUT2D eigenvalue weighted by atomic mass is 16.5. The lowest BCUT2D eigenvalue weighted by Gasteiger charge is -2.08. The summed E-state index contributed by atoms with van der Waals surface area (Å²) in [7, 11) is 0. The molecule has 0 bridgehead atoms.